The number of piperazine rings is 1. The summed E-state index contributed by atoms with van der Waals surface area (Å²) >= 11 is 0. The van der Waals surface area contributed by atoms with Gasteiger partial charge in [0.05, 0.1) is 17.5 Å². The Hall–Kier alpha value is -1.41. The normalized spacial score (nSPS) is 30.0. The van der Waals surface area contributed by atoms with E-state index in [4.69, 9.17) is 0 Å². The summed E-state index contributed by atoms with van der Waals surface area (Å²) in [4.78, 5) is 16.8. The molecular weight excluding hydrogens is 316 g/mol. The van der Waals surface area contributed by atoms with Crippen molar-refractivity contribution in [3.8, 4) is 0 Å². The van der Waals surface area contributed by atoms with Crippen LogP contribution in [0.4, 0.5) is 0 Å². The zero-order valence-electron chi connectivity index (χ0n) is 13.3. The number of hydrogen-bond donors (Lipinski definition) is 1. The van der Waals surface area contributed by atoms with Crippen molar-refractivity contribution in [2.24, 2.45) is 0 Å². The quantitative estimate of drug-likeness (QED) is 0.769. The summed E-state index contributed by atoms with van der Waals surface area (Å²) in [5.41, 5.74) is 2.62. The van der Waals surface area contributed by atoms with Crippen molar-refractivity contribution < 1.29 is 13.2 Å². The lowest BCUT2D eigenvalue weighted by molar-refractivity contribution is 0.0403. The van der Waals surface area contributed by atoms with Crippen LogP contribution in [-0.4, -0.2) is 78.0 Å². The van der Waals surface area contributed by atoms with Crippen LogP contribution in [0.3, 0.4) is 0 Å². The summed E-state index contributed by atoms with van der Waals surface area (Å²) in [6.45, 7) is 1.27. The molecule has 7 nitrogen and oxygen atoms in total. The third-order valence-electron chi connectivity index (χ3n) is 5.47. The van der Waals surface area contributed by atoms with Crippen molar-refractivity contribution in [3.05, 3.63) is 17.0 Å². The van der Waals surface area contributed by atoms with E-state index in [0.29, 0.717) is 18.8 Å². The molecular formula is C15H22N4O3S. The second-order valence-electron chi connectivity index (χ2n) is 6.93. The van der Waals surface area contributed by atoms with Gasteiger partial charge in [-0.15, -0.1) is 0 Å². The summed E-state index contributed by atoms with van der Waals surface area (Å²) in [7, 11) is -1.14. The molecule has 0 spiro atoms. The number of rotatable bonds is 1. The SMILES string of the molecule is CN1CCN(C(=O)c2n[nH]c3c2CCCC3)C2CS(=O)(=O)CC21. The van der Waals surface area contributed by atoms with Crippen LogP contribution in [0.15, 0.2) is 0 Å². The summed E-state index contributed by atoms with van der Waals surface area (Å²) in [6, 6.07) is -0.338. The van der Waals surface area contributed by atoms with Gasteiger partial charge in [-0.25, -0.2) is 8.42 Å². The molecule has 1 aromatic heterocycles. The average molecular weight is 338 g/mol. The Labute approximate surface area is 135 Å². The molecule has 0 radical (unpaired) electrons. The monoisotopic (exact) mass is 338 g/mol. The van der Waals surface area contributed by atoms with Crippen LogP contribution in [-0.2, 0) is 22.7 Å². The predicted octanol–water partition coefficient (Wildman–Crippen LogP) is -0.158. The highest BCUT2D eigenvalue weighted by molar-refractivity contribution is 7.91. The lowest BCUT2D eigenvalue weighted by Crippen LogP contribution is -2.59. The highest BCUT2D eigenvalue weighted by atomic mass is 32.2. The zero-order valence-corrected chi connectivity index (χ0v) is 14.1. The first-order chi connectivity index (χ1) is 11.0. The summed E-state index contributed by atoms with van der Waals surface area (Å²) in [6.07, 6.45) is 4.03. The topological polar surface area (TPSA) is 86.4 Å². The lowest BCUT2D eigenvalue weighted by atomic mass is 9.95. The minimum Gasteiger partial charge on any atom is -0.330 e. The average Bonchev–Trinajstić information content (AvgIpc) is 3.07. The predicted molar refractivity (Wildman–Crippen MR) is 85.1 cm³/mol. The minimum absolute atomic E-state index is 0.0698. The molecule has 8 heteroatoms. The highest BCUT2D eigenvalue weighted by Crippen LogP contribution is 2.29. The maximum Gasteiger partial charge on any atom is 0.275 e. The molecule has 3 aliphatic rings. The Bertz CT molecular complexity index is 742. The van der Waals surface area contributed by atoms with E-state index in [-0.39, 0.29) is 29.5 Å². The fourth-order valence-electron chi connectivity index (χ4n) is 4.17. The third-order valence-corrected chi connectivity index (χ3v) is 7.17. The molecule has 2 saturated heterocycles. The molecule has 2 unspecified atom stereocenters. The molecule has 126 valence electrons. The first-order valence-corrected chi connectivity index (χ1v) is 10.1. The van der Waals surface area contributed by atoms with Crippen LogP contribution in [0.5, 0.6) is 0 Å². The van der Waals surface area contributed by atoms with Crippen molar-refractivity contribution in [1.82, 2.24) is 20.0 Å². The number of carbonyl (C=O) groups is 1. The number of nitrogens with one attached hydrogen (secondary N) is 1. The first-order valence-electron chi connectivity index (χ1n) is 8.24. The minimum atomic E-state index is -3.08. The van der Waals surface area contributed by atoms with Crippen LogP contribution < -0.4 is 0 Å². The molecule has 1 amide bonds. The number of fused-ring (bicyclic) bond motifs is 2. The van der Waals surface area contributed by atoms with Gasteiger partial charge in [0, 0.05) is 30.4 Å². The lowest BCUT2D eigenvalue weighted by Gasteiger charge is -2.42. The van der Waals surface area contributed by atoms with Gasteiger partial charge in [-0.05, 0) is 32.7 Å². The van der Waals surface area contributed by atoms with Gasteiger partial charge in [-0.1, -0.05) is 0 Å². The van der Waals surface area contributed by atoms with Gasteiger partial charge >= 0.3 is 0 Å². The number of nitrogens with zero attached hydrogens (tertiary/aromatic N) is 3. The van der Waals surface area contributed by atoms with Gasteiger partial charge in [0.25, 0.3) is 5.91 Å². The zero-order chi connectivity index (χ0) is 16.2. The second-order valence-corrected chi connectivity index (χ2v) is 9.08. The molecule has 3 heterocycles. The molecule has 0 saturated carbocycles. The van der Waals surface area contributed by atoms with E-state index in [2.05, 4.69) is 15.1 Å². The van der Waals surface area contributed by atoms with Gasteiger partial charge in [-0.3, -0.25) is 14.8 Å². The van der Waals surface area contributed by atoms with Crippen molar-refractivity contribution in [2.75, 3.05) is 31.6 Å². The molecule has 0 aromatic carbocycles. The van der Waals surface area contributed by atoms with Gasteiger partial charge in [0.2, 0.25) is 0 Å². The van der Waals surface area contributed by atoms with E-state index in [9.17, 15) is 13.2 Å². The molecule has 4 rings (SSSR count). The number of aromatic amines is 1. The fourth-order valence-corrected chi connectivity index (χ4v) is 6.23. The van der Waals surface area contributed by atoms with Crippen molar-refractivity contribution in [3.63, 3.8) is 0 Å². The van der Waals surface area contributed by atoms with E-state index in [0.717, 1.165) is 36.9 Å². The number of H-pyrrole nitrogens is 1. The number of aromatic nitrogens is 2. The standard InChI is InChI=1S/C15H22N4O3S/c1-18-6-7-19(13-9-23(21,22)8-12(13)18)15(20)14-10-4-2-3-5-11(10)16-17-14/h12-13H,2-9H2,1H3,(H,16,17). The maximum atomic E-state index is 13.0. The Balaban J connectivity index is 1.65. The number of aryl methyl sites for hydroxylation is 1. The summed E-state index contributed by atoms with van der Waals surface area (Å²) in [5.74, 6) is 0.112. The van der Waals surface area contributed by atoms with Gasteiger partial charge in [0.1, 0.15) is 0 Å². The molecule has 1 N–H and O–H groups in total. The maximum absolute atomic E-state index is 13.0. The Morgan fingerprint density at radius 1 is 1.17 bits per heavy atom. The molecule has 1 aliphatic carbocycles. The van der Waals surface area contributed by atoms with E-state index in [1.807, 2.05) is 7.05 Å². The third kappa shape index (κ3) is 2.48. The van der Waals surface area contributed by atoms with Crippen LogP contribution >= 0.6 is 0 Å². The molecule has 2 atom stereocenters. The van der Waals surface area contributed by atoms with E-state index < -0.39 is 9.84 Å². The Morgan fingerprint density at radius 2 is 1.91 bits per heavy atom. The van der Waals surface area contributed by atoms with Crippen molar-refractivity contribution in [1.29, 1.82) is 0 Å². The van der Waals surface area contributed by atoms with Crippen LogP contribution in [0.1, 0.15) is 34.6 Å². The number of carbonyl (C=O) groups excluding carboxylic acids is 1. The Kier molecular flexibility index (Phi) is 3.49. The van der Waals surface area contributed by atoms with Gasteiger partial charge < -0.3 is 4.90 Å². The molecule has 2 fully saturated rings. The van der Waals surface area contributed by atoms with Crippen molar-refractivity contribution in [2.45, 2.75) is 37.8 Å². The van der Waals surface area contributed by atoms with Crippen LogP contribution in [0, 0.1) is 0 Å². The van der Waals surface area contributed by atoms with Crippen LogP contribution in [0.2, 0.25) is 0 Å². The number of amides is 1. The van der Waals surface area contributed by atoms with Gasteiger partial charge in [-0.2, -0.15) is 5.10 Å². The fraction of sp³-hybridized carbons (Fsp3) is 0.733. The van der Waals surface area contributed by atoms with E-state index in [1.54, 1.807) is 4.90 Å². The highest BCUT2D eigenvalue weighted by Gasteiger charge is 2.47. The number of hydrogen-bond acceptors (Lipinski definition) is 5. The Morgan fingerprint density at radius 3 is 2.74 bits per heavy atom. The van der Waals surface area contributed by atoms with E-state index >= 15 is 0 Å². The molecule has 1 aromatic rings. The van der Waals surface area contributed by atoms with Crippen molar-refractivity contribution >= 4 is 15.7 Å². The largest absolute Gasteiger partial charge is 0.330 e. The summed E-state index contributed by atoms with van der Waals surface area (Å²) < 4.78 is 24.1. The second kappa shape index (κ2) is 5.31. The smallest absolute Gasteiger partial charge is 0.275 e. The molecule has 0 bridgehead atoms. The number of sulfone groups is 1. The number of likely N-dealkylation sites (N-methyl/N-ethyl adjacent to an activating group) is 1. The van der Waals surface area contributed by atoms with Gasteiger partial charge in [0.15, 0.2) is 15.5 Å². The molecule has 2 aliphatic heterocycles. The summed E-state index contributed by atoms with van der Waals surface area (Å²) in [5, 5.41) is 7.27. The van der Waals surface area contributed by atoms with Crippen LogP contribution in [0.25, 0.3) is 0 Å². The first kappa shape index (κ1) is 15.1. The molecule has 23 heavy (non-hydrogen) atoms. The van der Waals surface area contributed by atoms with E-state index in [1.165, 1.54) is 0 Å².